The van der Waals surface area contributed by atoms with Gasteiger partial charge in [0.1, 0.15) is 5.75 Å². The number of hydrogen-bond donors (Lipinski definition) is 1. The first-order valence-corrected chi connectivity index (χ1v) is 8.18. The molecule has 1 aliphatic rings. The van der Waals surface area contributed by atoms with Crippen LogP contribution < -0.4 is 10.1 Å². The number of hydrogen-bond acceptors (Lipinski definition) is 2. The van der Waals surface area contributed by atoms with E-state index in [-0.39, 0.29) is 0 Å². The molecular formula is C17H17BrClNO. The van der Waals surface area contributed by atoms with Crippen LogP contribution in [0.25, 0.3) is 0 Å². The van der Waals surface area contributed by atoms with Crippen LogP contribution in [0.1, 0.15) is 24.3 Å². The van der Waals surface area contributed by atoms with Crippen LogP contribution in [-0.2, 0) is 0 Å². The van der Waals surface area contributed by atoms with Crippen LogP contribution >= 0.6 is 27.5 Å². The SMILES string of the molecule is COc1ccc(C2CC(Nc3ccc(Br)cc3Cl)C2)cc1. The molecule has 0 aromatic heterocycles. The van der Waals surface area contributed by atoms with Crippen LogP contribution in [-0.4, -0.2) is 13.2 Å². The maximum Gasteiger partial charge on any atom is 0.118 e. The molecule has 2 aromatic carbocycles. The maximum atomic E-state index is 6.24. The van der Waals surface area contributed by atoms with E-state index in [1.807, 2.05) is 30.3 Å². The van der Waals surface area contributed by atoms with Gasteiger partial charge in [-0.3, -0.25) is 0 Å². The van der Waals surface area contributed by atoms with Gasteiger partial charge in [0.2, 0.25) is 0 Å². The third-order valence-corrected chi connectivity index (χ3v) is 4.82. The van der Waals surface area contributed by atoms with Gasteiger partial charge in [0.25, 0.3) is 0 Å². The van der Waals surface area contributed by atoms with Gasteiger partial charge in [0.15, 0.2) is 0 Å². The molecule has 0 radical (unpaired) electrons. The third-order valence-electron chi connectivity index (χ3n) is 4.02. The Balaban J connectivity index is 1.57. The Labute approximate surface area is 138 Å². The van der Waals surface area contributed by atoms with Crippen molar-refractivity contribution in [2.24, 2.45) is 0 Å². The van der Waals surface area contributed by atoms with E-state index in [0.717, 1.165) is 33.8 Å². The molecule has 0 atom stereocenters. The highest BCUT2D eigenvalue weighted by Gasteiger charge is 2.30. The topological polar surface area (TPSA) is 21.3 Å². The van der Waals surface area contributed by atoms with Gasteiger partial charge in [0.05, 0.1) is 17.8 Å². The molecule has 1 aliphatic carbocycles. The second kappa shape index (κ2) is 6.29. The summed E-state index contributed by atoms with van der Waals surface area (Å²) in [7, 11) is 1.69. The molecule has 0 saturated heterocycles. The van der Waals surface area contributed by atoms with Gasteiger partial charge < -0.3 is 10.1 Å². The quantitative estimate of drug-likeness (QED) is 0.774. The van der Waals surface area contributed by atoms with E-state index in [1.165, 1.54) is 5.56 Å². The van der Waals surface area contributed by atoms with E-state index in [1.54, 1.807) is 7.11 Å². The van der Waals surface area contributed by atoms with E-state index < -0.39 is 0 Å². The smallest absolute Gasteiger partial charge is 0.118 e. The molecule has 2 aromatic rings. The minimum absolute atomic E-state index is 0.496. The first-order chi connectivity index (χ1) is 10.2. The van der Waals surface area contributed by atoms with Crippen molar-refractivity contribution in [3.63, 3.8) is 0 Å². The van der Waals surface area contributed by atoms with Crippen molar-refractivity contribution in [3.05, 3.63) is 57.5 Å². The zero-order valence-electron chi connectivity index (χ0n) is 11.8. The highest BCUT2D eigenvalue weighted by molar-refractivity contribution is 9.10. The molecule has 4 heteroatoms. The highest BCUT2D eigenvalue weighted by atomic mass is 79.9. The molecule has 0 amide bonds. The standard InChI is InChI=1S/C17H17BrClNO/c1-21-15-5-2-11(3-6-15)12-8-14(9-12)20-17-7-4-13(18)10-16(17)19/h2-7,10,12,14,20H,8-9H2,1H3. The summed E-state index contributed by atoms with van der Waals surface area (Å²) < 4.78 is 6.20. The summed E-state index contributed by atoms with van der Waals surface area (Å²) in [6.45, 7) is 0. The molecule has 3 rings (SSSR count). The zero-order valence-corrected chi connectivity index (χ0v) is 14.1. The summed E-state index contributed by atoms with van der Waals surface area (Å²) in [6.07, 6.45) is 2.28. The van der Waals surface area contributed by atoms with Crippen molar-refractivity contribution in [3.8, 4) is 5.75 Å². The number of nitrogens with one attached hydrogen (secondary N) is 1. The normalized spacial score (nSPS) is 20.7. The van der Waals surface area contributed by atoms with Gasteiger partial charge in [-0.25, -0.2) is 0 Å². The van der Waals surface area contributed by atoms with Crippen molar-refractivity contribution in [2.75, 3.05) is 12.4 Å². The lowest BCUT2D eigenvalue weighted by atomic mass is 9.76. The molecule has 21 heavy (non-hydrogen) atoms. The van der Waals surface area contributed by atoms with Gasteiger partial charge >= 0.3 is 0 Å². The third kappa shape index (κ3) is 3.35. The predicted molar refractivity (Wildman–Crippen MR) is 91.5 cm³/mol. The lowest BCUT2D eigenvalue weighted by molar-refractivity contribution is 0.373. The van der Waals surface area contributed by atoms with Gasteiger partial charge in [0, 0.05) is 10.5 Å². The Morgan fingerprint density at radius 1 is 1.14 bits per heavy atom. The second-order valence-corrected chi connectivity index (χ2v) is 6.73. The monoisotopic (exact) mass is 365 g/mol. The van der Waals surface area contributed by atoms with E-state index >= 15 is 0 Å². The predicted octanol–water partition coefficient (Wildman–Crippen LogP) is 5.47. The number of benzene rings is 2. The molecule has 110 valence electrons. The van der Waals surface area contributed by atoms with Crippen LogP contribution in [0, 0.1) is 0 Å². The number of ether oxygens (including phenoxy) is 1. The second-order valence-electron chi connectivity index (χ2n) is 5.41. The van der Waals surface area contributed by atoms with E-state index in [9.17, 15) is 0 Å². The minimum Gasteiger partial charge on any atom is -0.497 e. The Hall–Kier alpha value is -1.19. The molecule has 0 aliphatic heterocycles. The largest absolute Gasteiger partial charge is 0.497 e. The molecule has 0 bridgehead atoms. The summed E-state index contributed by atoms with van der Waals surface area (Å²) >= 11 is 9.66. The molecular weight excluding hydrogens is 350 g/mol. The molecule has 2 nitrogen and oxygen atoms in total. The van der Waals surface area contributed by atoms with Crippen molar-refractivity contribution in [2.45, 2.75) is 24.8 Å². The van der Waals surface area contributed by atoms with Gasteiger partial charge in [-0.05, 0) is 54.7 Å². The number of anilines is 1. The van der Waals surface area contributed by atoms with E-state index in [4.69, 9.17) is 16.3 Å². The molecule has 1 N–H and O–H groups in total. The van der Waals surface area contributed by atoms with E-state index in [2.05, 4.69) is 33.4 Å². The van der Waals surface area contributed by atoms with Crippen LogP contribution in [0.5, 0.6) is 5.75 Å². The number of methoxy groups -OCH3 is 1. The van der Waals surface area contributed by atoms with Crippen molar-refractivity contribution in [1.29, 1.82) is 0 Å². The summed E-state index contributed by atoms with van der Waals surface area (Å²) in [5, 5.41) is 4.28. The molecule has 1 saturated carbocycles. The molecule has 0 heterocycles. The Bertz CT molecular complexity index is 623. The maximum absolute atomic E-state index is 6.24. The van der Waals surface area contributed by atoms with Crippen molar-refractivity contribution in [1.82, 2.24) is 0 Å². The van der Waals surface area contributed by atoms with Crippen LogP contribution in [0.4, 0.5) is 5.69 Å². The highest BCUT2D eigenvalue weighted by Crippen LogP contribution is 2.40. The Morgan fingerprint density at radius 3 is 2.48 bits per heavy atom. The Morgan fingerprint density at radius 2 is 1.86 bits per heavy atom. The average Bonchev–Trinajstić information content (AvgIpc) is 2.44. The first-order valence-electron chi connectivity index (χ1n) is 7.01. The van der Waals surface area contributed by atoms with Crippen LogP contribution in [0.15, 0.2) is 46.9 Å². The van der Waals surface area contributed by atoms with Gasteiger partial charge in [-0.15, -0.1) is 0 Å². The summed E-state index contributed by atoms with van der Waals surface area (Å²) in [5.74, 6) is 1.54. The van der Waals surface area contributed by atoms with Crippen LogP contribution in [0.2, 0.25) is 5.02 Å². The van der Waals surface area contributed by atoms with Gasteiger partial charge in [-0.2, -0.15) is 0 Å². The lowest BCUT2D eigenvalue weighted by Crippen LogP contribution is -2.34. The molecule has 0 spiro atoms. The summed E-state index contributed by atoms with van der Waals surface area (Å²) in [4.78, 5) is 0. The fourth-order valence-corrected chi connectivity index (χ4v) is 3.44. The van der Waals surface area contributed by atoms with Crippen LogP contribution in [0.3, 0.4) is 0 Å². The van der Waals surface area contributed by atoms with Crippen molar-refractivity contribution >= 4 is 33.2 Å². The Kier molecular flexibility index (Phi) is 4.41. The summed E-state index contributed by atoms with van der Waals surface area (Å²) in [5.41, 5.74) is 2.40. The lowest BCUT2D eigenvalue weighted by Gasteiger charge is -2.37. The van der Waals surface area contributed by atoms with Crippen molar-refractivity contribution < 1.29 is 4.74 Å². The van der Waals surface area contributed by atoms with Gasteiger partial charge in [-0.1, -0.05) is 39.7 Å². The summed E-state index contributed by atoms with van der Waals surface area (Å²) in [6, 6.07) is 14.8. The first kappa shape index (κ1) is 14.7. The molecule has 1 fully saturated rings. The number of halogens is 2. The average molecular weight is 367 g/mol. The molecule has 0 unspecified atom stereocenters. The fraction of sp³-hybridized carbons (Fsp3) is 0.294. The zero-order chi connectivity index (χ0) is 14.8. The van der Waals surface area contributed by atoms with E-state index in [0.29, 0.717) is 12.0 Å². The number of rotatable bonds is 4. The minimum atomic E-state index is 0.496. The fourth-order valence-electron chi connectivity index (χ4n) is 2.71.